The predicted molar refractivity (Wildman–Crippen MR) is 47.9 cm³/mol. The Morgan fingerprint density at radius 2 is 2.00 bits per heavy atom. The summed E-state index contributed by atoms with van der Waals surface area (Å²) in [5, 5.41) is 0. The summed E-state index contributed by atoms with van der Waals surface area (Å²) in [6, 6.07) is 5.82. The zero-order valence-electron chi connectivity index (χ0n) is 7.77. The Balaban J connectivity index is 2.31. The van der Waals surface area contributed by atoms with Crippen molar-refractivity contribution in [2.24, 2.45) is 0 Å². The number of carbonyl (C=O) groups is 1. The third kappa shape index (κ3) is 3.69. The van der Waals surface area contributed by atoms with E-state index in [2.05, 4.69) is 0 Å². The minimum absolute atomic E-state index is 0.140. The molecule has 13 heavy (non-hydrogen) atoms. The standard InChI is InChI=1S/C10H14NO2/c1-2-13-10(12)6-9-11-7-4-3-5-8-11/h3-5,7-8H,2,6,9H2,1H3/q+1. The van der Waals surface area contributed by atoms with E-state index in [4.69, 9.17) is 4.74 Å². The SMILES string of the molecule is CCOC(=O)CC[n+]1ccccc1. The lowest BCUT2D eigenvalue weighted by Crippen LogP contribution is -2.33. The van der Waals surface area contributed by atoms with E-state index in [1.807, 2.05) is 42.1 Å². The number of hydrogen-bond donors (Lipinski definition) is 0. The van der Waals surface area contributed by atoms with Crippen LogP contribution in [-0.4, -0.2) is 12.6 Å². The Kier molecular flexibility index (Phi) is 3.96. The molecule has 0 aliphatic carbocycles. The van der Waals surface area contributed by atoms with Crippen LogP contribution in [0.5, 0.6) is 0 Å². The minimum atomic E-state index is -0.140. The Labute approximate surface area is 78.0 Å². The van der Waals surface area contributed by atoms with Crippen LogP contribution in [0.4, 0.5) is 0 Å². The monoisotopic (exact) mass is 180 g/mol. The van der Waals surface area contributed by atoms with E-state index in [-0.39, 0.29) is 5.97 Å². The molecule has 0 fully saturated rings. The molecule has 1 heterocycles. The van der Waals surface area contributed by atoms with E-state index in [1.165, 1.54) is 0 Å². The van der Waals surface area contributed by atoms with Gasteiger partial charge in [0.25, 0.3) is 0 Å². The second-order valence-electron chi connectivity index (χ2n) is 2.67. The maximum Gasteiger partial charge on any atom is 0.312 e. The van der Waals surface area contributed by atoms with Crippen LogP contribution in [0.3, 0.4) is 0 Å². The third-order valence-corrected chi connectivity index (χ3v) is 1.66. The fraction of sp³-hybridized carbons (Fsp3) is 0.400. The highest BCUT2D eigenvalue weighted by Gasteiger charge is 2.05. The van der Waals surface area contributed by atoms with Crippen molar-refractivity contribution in [3.63, 3.8) is 0 Å². The highest BCUT2D eigenvalue weighted by Crippen LogP contribution is 1.86. The summed E-state index contributed by atoms with van der Waals surface area (Å²) in [6.07, 6.45) is 4.29. The van der Waals surface area contributed by atoms with Gasteiger partial charge in [-0.05, 0) is 6.92 Å². The van der Waals surface area contributed by atoms with Gasteiger partial charge in [-0.25, -0.2) is 4.57 Å². The molecule has 3 heteroatoms. The quantitative estimate of drug-likeness (QED) is 0.509. The average Bonchev–Trinajstić information content (AvgIpc) is 2.17. The van der Waals surface area contributed by atoms with Gasteiger partial charge >= 0.3 is 5.97 Å². The number of aromatic nitrogens is 1. The van der Waals surface area contributed by atoms with E-state index in [0.29, 0.717) is 19.6 Å². The number of aryl methyl sites for hydroxylation is 1. The molecule has 0 unspecified atom stereocenters. The van der Waals surface area contributed by atoms with Crippen molar-refractivity contribution in [3.05, 3.63) is 30.6 Å². The summed E-state index contributed by atoms with van der Waals surface area (Å²) in [5.74, 6) is -0.140. The molecule has 1 aromatic rings. The molecule has 70 valence electrons. The van der Waals surface area contributed by atoms with Crippen molar-refractivity contribution in [1.82, 2.24) is 0 Å². The first-order valence-electron chi connectivity index (χ1n) is 4.42. The lowest BCUT2D eigenvalue weighted by molar-refractivity contribution is -0.696. The third-order valence-electron chi connectivity index (χ3n) is 1.66. The van der Waals surface area contributed by atoms with Gasteiger partial charge in [-0.3, -0.25) is 4.79 Å². The van der Waals surface area contributed by atoms with Crippen LogP contribution < -0.4 is 4.57 Å². The fourth-order valence-corrected chi connectivity index (χ4v) is 1.04. The van der Waals surface area contributed by atoms with E-state index < -0.39 is 0 Å². The molecule has 0 N–H and O–H groups in total. The Morgan fingerprint density at radius 3 is 2.62 bits per heavy atom. The van der Waals surface area contributed by atoms with Gasteiger partial charge in [0.1, 0.15) is 6.42 Å². The number of hydrogen-bond acceptors (Lipinski definition) is 2. The zero-order valence-corrected chi connectivity index (χ0v) is 7.77. The van der Waals surface area contributed by atoms with Crippen molar-refractivity contribution >= 4 is 5.97 Å². The minimum Gasteiger partial charge on any atom is -0.466 e. The molecular formula is C10H14NO2+. The van der Waals surface area contributed by atoms with E-state index >= 15 is 0 Å². The Bertz CT molecular complexity index is 259. The van der Waals surface area contributed by atoms with E-state index in [9.17, 15) is 4.79 Å². The van der Waals surface area contributed by atoms with Gasteiger partial charge in [0.2, 0.25) is 0 Å². The highest BCUT2D eigenvalue weighted by molar-refractivity contribution is 5.68. The number of ether oxygens (including phenoxy) is 1. The van der Waals surface area contributed by atoms with Crippen LogP contribution in [0.25, 0.3) is 0 Å². The van der Waals surface area contributed by atoms with Gasteiger partial charge in [0, 0.05) is 12.1 Å². The normalized spacial score (nSPS) is 9.62. The lowest BCUT2D eigenvalue weighted by Gasteiger charge is -1.98. The first-order valence-corrected chi connectivity index (χ1v) is 4.42. The van der Waals surface area contributed by atoms with E-state index in [1.54, 1.807) is 0 Å². The largest absolute Gasteiger partial charge is 0.466 e. The van der Waals surface area contributed by atoms with Crippen LogP contribution in [0.15, 0.2) is 30.6 Å². The molecule has 1 rings (SSSR count). The number of rotatable bonds is 4. The maximum absolute atomic E-state index is 11.0. The summed E-state index contributed by atoms with van der Waals surface area (Å²) in [5.41, 5.74) is 0. The highest BCUT2D eigenvalue weighted by atomic mass is 16.5. The van der Waals surface area contributed by atoms with Gasteiger partial charge in [-0.2, -0.15) is 0 Å². The molecular weight excluding hydrogens is 166 g/mol. The molecule has 1 aromatic heterocycles. The molecule has 0 aliphatic heterocycles. The van der Waals surface area contributed by atoms with Crippen molar-refractivity contribution in [2.75, 3.05) is 6.61 Å². The van der Waals surface area contributed by atoms with Crippen LogP contribution in [-0.2, 0) is 16.1 Å². The summed E-state index contributed by atoms with van der Waals surface area (Å²) >= 11 is 0. The number of esters is 1. The Morgan fingerprint density at radius 1 is 1.31 bits per heavy atom. The van der Waals surface area contributed by atoms with Crippen LogP contribution >= 0.6 is 0 Å². The van der Waals surface area contributed by atoms with Crippen molar-refractivity contribution < 1.29 is 14.1 Å². The average molecular weight is 180 g/mol. The number of nitrogens with zero attached hydrogens (tertiary/aromatic N) is 1. The Hall–Kier alpha value is -1.38. The van der Waals surface area contributed by atoms with Gasteiger partial charge in [0.15, 0.2) is 18.9 Å². The predicted octanol–water partition coefficient (Wildman–Crippen LogP) is 0.927. The smallest absolute Gasteiger partial charge is 0.312 e. The lowest BCUT2D eigenvalue weighted by atomic mass is 10.4. The van der Waals surface area contributed by atoms with Crippen molar-refractivity contribution in [2.45, 2.75) is 19.9 Å². The number of pyridine rings is 1. The topological polar surface area (TPSA) is 30.2 Å². The zero-order chi connectivity index (χ0) is 9.52. The molecule has 0 bridgehead atoms. The van der Waals surface area contributed by atoms with Crippen LogP contribution in [0.2, 0.25) is 0 Å². The summed E-state index contributed by atoms with van der Waals surface area (Å²) in [4.78, 5) is 11.0. The van der Waals surface area contributed by atoms with Gasteiger partial charge < -0.3 is 4.74 Å². The van der Waals surface area contributed by atoms with Crippen LogP contribution in [0.1, 0.15) is 13.3 Å². The first-order chi connectivity index (χ1) is 6.33. The first kappa shape index (κ1) is 9.71. The molecule has 0 atom stereocenters. The summed E-state index contributed by atoms with van der Waals surface area (Å²) < 4.78 is 6.77. The maximum atomic E-state index is 11.0. The molecule has 0 saturated heterocycles. The van der Waals surface area contributed by atoms with E-state index in [0.717, 1.165) is 0 Å². The van der Waals surface area contributed by atoms with Crippen LogP contribution in [0, 0.1) is 0 Å². The molecule has 0 spiro atoms. The molecule has 0 radical (unpaired) electrons. The van der Waals surface area contributed by atoms with Gasteiger partial charge in [-0.1, -0.05) is 6.07 Å². The van der Waals surface area contributed by atoms with Gasteiger partial charge in [0.05, 0.1) is 6.61 Å². The second kappa shape index (κ2) is 5.30. The molecule has 0 aromatic carbocycles. The molecule has 0 amide bonds. The molecule has 0 saturated carbocycles. The van der Waals surface area contributed by atoms with Gasteiger partial charge in [-0.15, -0.1) is 0 Å². The van der Waals surface area contributed by atoms with Crippen molar-refractivity contribution in [3.8, 4) is 0 Å². The summed E-state index contributed by atoms with van der Waals surface area (Å²) in [6.45, 7) is 2.95. The molecule has 3 nitrogen and oxygen atoms in total. The number of carbonyl (C=O) groups excluding carboxylic acids is 1. The second-order valence-corrected chi connectivity index (χ2v) is 2.67. The fourth-order valence-electron chi connectivity index (χ4n) is 1.04. The van der Waals surface area contributed by atoms with Crippen molar-refractivity contribution in [1.29, 1.82) is 0 Å². The molecule has 0 aliphatic rings. The summed E-state index contributed by atoms with van der Waals surface area (Å²) in [7, 11) is 0.